The molecule has 21 heavy (non-hydrogen) atoms. The highest BCUT2D eigenvalue weighted by Crippen LogP contribution is 2.36. The van der Waals surface area contributed by atoms with Gasteiger partial charge in [0.05, 0.1) is 18.8 Å². The van der Waals surface area contributed by atoms with Crippen molar-refractivity contribution >= 4 is 11.6 Å². The van der Waals surface area contributed by atoms with Crippen LogP contribution in [-0.4, -0.2) is 51.0 Å². The zero-order valence-corrected chi connectivity index (χ0v) is 12.9. The van der Waals surface area contributed by atoms with Gasteiger partial charge in [-0.25, -0.2) is 0 Å². The number of aliphatic hydroxyl groups excluding tert-OH is 2. The van der Waals surface area contributed by atoms with E-state index in [0.717, 1.165) is 5.69 Å². The number of aryl methyl sites for hydroxylation is 1. The van der Waals surface area contributed by atoms with Gasteiger partial charge in [-0.3, -0.25) is 4.90 Å². The minimum Gasteiger partial charge on any atom is -0.395 e. The van der Waals surface area contributed by atoms with Crippen LogP contribution in [0, 0.1) is 0 Å². The van der Waals surface area contributed by atoms with Crippen LogP contribution in [0.25, 0.3) is 0 Å². The molecule has 0 aliphatic heterocycles. The first kappa shape index (κ1) is 16.3. The molecule has 0 saturated carbocycles. The van der Waals surface area contributed by atoms with Gasteiger partial charge in [-0.05, 0) is 24.3 Å². The maximum absolute atomic E-state index is 9.35. The Kier molecular flexibility index (Phi) is 4.91. The second-order valence-electron chi connectivity index (χ2n) is 5.26. The number of halogens is 1. The van der Waals surface area contributed by atoms with Crippen LogP contribution in [-0.2, 0) is 12.6 Å². The van der Waals surface area contributed by atoms with Gasteiger partial charge in [0.25, 0.3) is 0 Å². The van der Waals surface area contributed by atoms with Crippen molar-refractivity contribution < 1.29 is 10.2 Å². The molecule has 0 bridgehead atoms. The van der Waals surface area contributed by atoms with Crippen LogP contribution >= 0.6 is 11.6 Å². The van der Waals surface area contributed by atoms with Gasteiger partial charge in [-0.2, -0.15) is 0 Å². The van der Waals surface area contributed by atoms with Crippen LogP contribution < -0.4 is 5.73 Å². The summed E-state index contributed by atoms with van der Waals surface area (Å²) in [5, 5.41) is 18.7. The van der Waals surface area contributed by atoms with Gasteiger partial charge in [0.15, 0.2) is 0 Å². The minimum absolute atomic E-state index is 0.00248. The summed E-state index contributed by atoms with van der Waals surface area (Å²) in [6, 6.07) is 3.97. The standard InChI is InChI=1S/C15H22ClN3O2/c1-18-8-2-3-13(18)14(19(9-11-20)10-12-21)4-6-15(16,17)7-5-14/h2-8,20-21H,9-12,17H2,1H3. The molecule has 5 nitrogen and oxygen atoms in total. The average Bonchev–Trinajstić information content (AvgIpc) is 2.86. The normalized spacial score (nSPS) is 28.5. The number of alkyl halides is 1. The molecule has 0 fully saturated rings. The fraction of sp³-hybridized carbons (Fsp3) is 0.467. The lowest BCUT2D eigenvalue weighted by Crippen LogP contribution is -2.49. The number of rotatable bonds is 6. The van der Waals surface area contributed by atoms with Gasteiger partial charge in [-0.15, -0.1) is 0 Å². The summed E-state index contributed by atoms with van der Waals surface area (Å²) in [6.45, 7) is 0.867. The van der Waals surface area contributed by atoms with E-state index in [1.807, 2.05) is 47.0 Å². The molecule has 0 amide bonds. The maximum Gasteiger partial charge on any atom is 0.128 e. The molecular weight excluding hydrogens is 290 g/mol. The lowest BCUT2D eigenvalue weighted by Gasteiger charge is -2.42. The van der Waals surface area contributed by atoms with E-state index in [1.165, 1.54) is 0 Å². The number of hydrogen-bond acceptors (Lipinski definition) is 4. The molecule has 1 aromatic heterocycles. The molecule has 2 rings (SSSR count). The highest BCUT2D eigenvalue weighted by atomic mass is 35.5. The Labute approximate surface area is 129 Å². The molecule has 1 heterocycles. The van der Waals surface area contributed by atoms with Crippen molar-refractivity contribution in [1.29, 1.82) is 0 Å². The van der Waals surface area contributed by atoms with Gasteiger partial charge in [0.2, 0.25) is 0 Å². The van der Waals surface area contributed by atoms with Crippen molar-refractivity contribution in [2.75, 3.05) is 26.3 Å². The van der Waals surface area contributed by atoms with Gasteiger partial charge in [0.1, 0.15) is 5.00 Å². The van der Waals surface area contributed by atoms with Crippen LogP contribution in [0.15, 0.2) is 42.6 Å². The topological polar surface area (TPSA) is 74.6 Å². The summed E-state index contributed by atoms with van der Waals surface area (Å²) >= 11 is 6.14. The zero-order chi connectivity index (χ0) is 15.5. The summed E-state index contributed by atoms with van der Waals surface area (Å²) in [7, 11) is 1.96. The largest absolute Gasteiger partial charge is 0.395 e. The molecule has 0 unspecified atom stereocenters. The quantitative estimate of drug-likeness (QED) is 0.407. The van der Waals surface area contributed by atoms with E-state index in [4.69, 9.17) is 17.3 Å². The monoisotopic (exact) mass is 311 g/mol. The van der Waals surface area contributed by atoms with Crippen LogP contribution in [0.2, 0.25) is 0 Å². The lowest BCUT2D eigenvalue weighted by molar-refractivity contribution is 0.0997. The third-order valence-corrected chi connectivity index (χ3v) is 4.05. The number of nitrogens with two attached hydrogens (primary N) is 1. The van der Waals surface area contributed by atoms with Gasteiger partial charge >= 0.3 is 0 Å². The predicted octanol–water partition coefficient (Wildman–Crippen LogP) is 0.527. The van der Waals surface area contributed by atoms with Crippen molar-refractivity contribution in [2.45, 2.75) is 10.5 Å². The van der Waals surface area contributed by atoms with Crippen LogP contribution in [0.5, 0.6) is 0 Å². The summed E-state index contributed by atoms with van der Waals surface area (Å²) < 4.78 is 2.01. The Morgan fingerprint density at radius 2 is 1.76 bits per heavy atom. The maximum atomic E-state index is 9.35. The third-order valence-electron chi connectivity index (χ3n) is 3.80. The molecule has 0 atom stereocenters. The van der Waals surface area contributed by atoms with E-state index in [1.54, 1.807) is 12.2 Å². The number of nitrogens with zero attached hydrogens (tertiary/aromatic N) is 2. The summed E-state index contributed by atoms with van der Waals surface area (Å²) in [6.07, 6.45) is 9.30. The first-order valence-electron chi connectivity index (χ1n) is 6.92. The molecular formula is C15H22ClN3O2. The number of hydrogen-bond donors (Lipinski definition) is 3. The van der Waals surface area contributed by atoms with Crippen LogP contribution in [0.4, 0.5) is 0 Å². The van der Waals surface area contributed by atoms with E-state index >= 15 is 0 Å². The summed E-state index contributed by atoms with van der Waals surface area (Å²) in [4.78, 5) is 1.00. The zero-order valence-electron chi connectivity index (χ0n) is 12.1. The Hall–Kier alpha value is -1.11. The summed E-state index contributed by atoms with van der Waals surface area (Å²) in [5.41, 5.74) is 6.34. The molecule has 1 aromatic rings. The first-order chi connectivity index (χ1) is 9.95. The van der Waals surface area contributed by atoms with Gasteiger partial charge < -0.3 is 20.5 Å². The average molecular weight is 312 g/mol. The fourth-order valence-corrected chi connectivity index (χ4v) is 2.89. The fourth-order valence-electron chi connectivity index (χ4n) is 2.76. The van der Waals surface area contributed by atoms with E-state index in [2.05, 4.69) is 0 Å². The molecule has 0 radical (unpaired) electrons. The smallest absolute Gasteiger partial charge is 0.128 e. The number of aromatic nitrogens is 1. The molecule has 0 saturated heterocycles. The Morgan fingerprint density at radius 1 is 1.19 bits per heavy atom. The van der Waals surface area contributed by atoms with Gasteiger partial charge in [-0.1, -0.05) is 23.8 Å². The van der Waals surface area contributed by atoms with E-state index in [9.17, 15) is 10.2 Å². The highest BCUT2D eigenvalue weighted by Gasteiger charge is 2.38. The van der Waals surface area contributed by atoms with E-state index in [-0.39, 0.29) is 13.2 Å². The first-order valence-corrected chi connectivity index (χ1v) is 7.30. The number of aliphatic hydroxyl groups is 2. The molecule has 4 N–H and O–H groups in total. The Bertz CT molecular complexity index is 515. The second-order valence-corrected chi connectivity index (χ2v) is 5.91. The van der Waals surface area contributed by atoms with E-state index < -0.39 is 10.5 Å². The molecule has 116 valence electrons. The van der Waals surface area contributed by atoms with Crippen molar-refractivity contribution in [3.8, 4) is 0 Å². The Balaban J connectivity index is 2.50. The van der Waals surface area contributed by atoms with E-state index in [0.29, 0.717) is 13.1 Å². The van der Waals surface area contributed by atoms with Crippen molar-refractivity contribution in [1.82, 2.24) is 9.47 Å². The molecule has 1 aliphatic carbocycles. The molecule has 1 aliphatic rings. The van der Waals surface area contributed by atoms with Crippen molar-refractivity contribution in [2.24, 2.45) is 12.8 Å². The SMILES string of the molecule is Cn1cccc1C1(N(CCO)CCO)C=CC(N)(Cl)C=C1. The molecule has 6 heteroatoms. The van der Waals surface area contributed by atoms with Gasteiger partial charge in [0, 0.05) is 32.0 Å². The predicted molar refractivity (Wildman–Crippen MR) is 83.9 cm³/mol. The summed E-state index contributed by atoms with van der Waals surface area (Å²) in [5.74, 6) is 0. The second kappa shape index (κ2) is 6.34. The molecule has 0 aromatic carbocycles. The molecule has 0 spiro atoms. The lowest BCUT2D eigenvalue weighted by atomic mass is 9.86. The van der Waals surface area contributed by atoms with Crippen LogP contribution in [0.1, 0.15) is 5.69 Å². The minimum atomic E-state index is -1.00. The van der Waals surface area contributed by atoms with Crippen LogP contribution in [0.3, 0.4) is 0 Å². The van der Waals surface area contributed by atoms with Crippen molar-refractivity contribution in [3.05, 3.63) is 48.3 Å². The Morgan fingerprint density at radius 3 is 2.19 bits per heavy atom. The van der Waals surface area contributed by atoms with Crippen molar-refractivity contribution in [3.63, 3.8) is 0 Å². The highest BCUT2D eigenvalue weighted by molar-refractivity contribution is 6.26. The third kappa shape index (κ3) is 3.22.